The van der Waals surface area contributed by atoms with Gasteiger partial charge in [0.05, 0.1) is 15.7 Å². The summed E-state index contributed by atoms with van der Waals surface area (Å²) in [4.78, 5) is 16.7. The van der Waals surface area contributed by atoms with E-state index in [1.165, 1.54) is 0 Å². The Bertz CT molecular complexity index is 970. The number of ketones is 1. The number of ether oxygens (including phenoxy) is 1. The molecule has 0 spiro atoms. The number of nitrogens with zero attached hydrogens (tertiary/aromatic N) is 1. The van der Waals surface area contributed by atoms with Gasteiger partial charge in [0.25, 0.3) is 0 Å². The van der Waals surface area contributed by atoms with Crippen molar-refractivity contribution in [1.29, 1.82) is 0 Å². The van der Waals surface area contributed by atoms with Crippen molar-refractivity contribution in [2.45, 2.75) is 40.2 Å². The highest BCUT2D eigenvalue weighted by Crippen LogP contribution is 2.29. The van der Waals surface area contributed by atoms with Crippen LogP contribution in [0.25, 0.3) is 16.3 Å². The van der Waals surface area contributed by atoms with Crippen LogP contribution in [-0.4, -0.2) is 16.4 Å². The fraction of sp³-hybridized carbons (Fsp3) is 0.273. The van der Waals surface area contributed by atoms with Gasteiger partial charge in [-0.3, -0.25) is 4.79 Å². The Morgan fingerprint density at radius 1 is 1.12 bits per heavy atom. The zero-order valence-corrected chi connectivity index (χ0v) is 16.6. The summed E-state index contributed by atoms with van der Waals surface area (Å²) in [6, 6.07) is 9.73. The Morgan fingerprint density at radius 3 is 2.46 bits per heavy atom. The smallest absolute Gasteiger partial charge is 0.185 e. The molecule has 3 rings (SSSR count). The average molecular weight is 365 g/mol. The third-order valence-corrected chi connectivity index (χ3v) is 4.74. The lowest BCUT2D eigenvalue weighted by molar-refractivity contribution is 0.104. The molecule has 0 N–H and O–H groups in total. The lowest BCUT2D eigenvalue weighted by Gasteiger charge is -2.24. The van der Waals surface area contributed by atoms with Crippen LogP contribution in [0.1, 0.15) is 47.8 Å². The van der Waals surface area contributed by atoms with Gasteiger partial charge in [0.1, 0.15) is 11.4 Å². The first-order valence-corrected chi connectivity index (χ1v) is 9.47. The van der Waals surface area contributed by atoms with Gasteiger partial charge in [0.2, 0.25) is 0 Å². The quantitative estimate of drug-likeness (QED) is 0.421. The van der Waals surface area contributed by atoms with E-state index in [0.29, 0.717) is 5.56 Å². The number of allylic oxidation sites excluding steroid dienone is 1. The lowest BCUT2D eigenvalue weighted by atomic mass is 10.0. The molecule has 0 bridgehead atoms. The van der Waals surface area contributed by atoms with Crippen molar-refractivity contribution in [3.8, 4) is 5.75 Å². The molecule has 0 aliphatic rings. The molecular formula is C22H23NO2S. The number of thiazole rings is 1. The number of benzene rings is 2. The maximum Gasteiger partial charge on any atom is 0.185 e. The van der Waals surface area contributed by atoms with Gasteiger partial charge in [-0.05, 0) is 87.7 Å². The molecule has 3 aromatic rings. The van der Waals surface area contributed by atoms with Gasteiger partial charge < -0.3 is 4.74 Å². The second-order valence-corrected chi connectivity index (χ2v) is 8.32. The second kappa shape index (κ2) is 7.04. The van der Waals surface area contributed by atoms with Crippen molar-refractivity contribution in [2.24, 2.45) is 0 Å². The summed E-state index contributed by atoms with van der Waals surface area (Å²) in [7, 11) is 0. The minimum Gasteiger partial charge on any atom is -0.488 e. The van der Waals surface area contributed by atoms with Crippen LogP contribution in [0.3, 0.4) is 0 Å². The third-order valence-electron chi connectivity index (χ3n) is 3.93. The van der Waals surface area contributed by atoms with E-state index in [0.717, 1.165) is 32.7 Å². The normalized spacial score (nSPS) is 12.0. The molecule has 3 nitrogen and oxygen atoms in total. The van der Waals surface area contributed by atoms with E-state index >= 15 is 0 Å². The summed E-state index contributed by atoms with van der Waals surface area (Å²) in [6.45, 7) is 10.2. The molecule has 0 amide bonds. The average Bonchev–Trinajstić information content (AvgIpc) is 3.02. The molecule has 0 radical (unpaired) electrons. The van der Waals surface area contributed by atoms with Crippen molar-refractivity contribution in [3.63, 3.8) is 0 Å². The Morgan fingerprint density at radius 2 is 1.81 bits per heavy atom. The molecule has 134 valence electrons. The molecule has 0 saturated carbocycles. The van der Waals surface area contributed by atoms with Crippen LogP contribution >= 0.6 is 11.3 Å². The summed E-state index contributed by atoms with van der Waals surface area (Å²) in [5.74, 6) is 0.889. The van der Waals surface area contributed by atoms with Crippen LogP contribution in [0.2, 0.25) is 0 Å². The van der Waals surface area contributed by atoms with E-state index in [4.69, 9.17) is 4.74 Å². The summed E-state index contributed by atoms with van der Waals surface area (Å²) < 4.78 is 7.14. The number of carbonyl (C=O) groups is 1. The zero-order chi connectivity index (χ0) is 18.9. The van der Waals surface area contributed by atoms with E-state index in [-0.39, 0.29) is 11.4 Å². The van der Waals surface area contributed by atoms with E-state index < -0.39 is 0 Å². The Hall–Kier alpha value is -2.46. The predicted molar refractivity (Wildman–Crippen MR) is 109 cm³/mol. The molecule has 2 aromatic carbocycles. The fourth-order valence-electron chi connectivity index (χ4n) is 2.83. The van der Waals surface area contributed by atoms with Gasteiger partial charge >= 0.3 is 0 Å². The van der Waals surface area contributed by atoms with Crippen LogP contribution in [-0.2, 0) is 0 Å². The molecule has 26 heavy (non-hydrogen) atoms. The number of aromatic nitrogens is 1. The van der Waals surface area contributed by atoms with Crippen LogP contribution in [0.15, 0.2) is 41.9 Å². The molecule has 1 aromatic heterocycles. The molecule has 0 atom stereocenters. The molecule has 0 fully saturated rings. The van der Waals surface area contributed by atoms with Crippen molar-refractivity contribution < 1.29 is 9.53 Å². The van der Waals surface area contributed by atoms with E-state index in [1.54, 1.807) is 22.9 Å². The van der Waals surface area contributed by atoms with Crippen molar-refractivity contribution >= 4 is 33.4 Å². The largest absolute Gasteiger partial charge is 0.488 e. The summed E-state index contributed by atoms with van der Waals surface area (Å²) >= 11 is 1.57. The Labute approximate surface area is 158 Å². The molecule has 0 aliphatic carbocycles. The van der Waals surface area contributed by atoms with Gasteiger partial charge in [0.15, 0.2) is 5.78 Å². The Kier molecular flexibility index (Phi) is 4.97. The predicted octanol–water partition coefficient (Wildman–Crippen LogP) is 5.99. The highest BCUT2D eigenvalue weighted by molar-refractivity contribution is 7.16. The first-order chi connectivity index (χ1) is 12.2. The van der Waals surface area contributed by atoms with Gasteiger partial charge in [0, 0.05) is 5.56 Å². The Balaban J connectivity index is 1.82. The maximum absolute atomic E-state index is 12.5. The van der Waals surface area contributed by atoms with Crippen molar-refractivity contribution in [2.75, 3.05) is 0 Å². The first kappa shape index (κ1) is 18.3. The standard InChI is InChI=1S/C22H23NO2S/c1-14-10-16(11-15(2)21(14)25-22(3,4)5)6-8-19(24)17-7-9-20-18(12-17)23-13-26-20/h6-13H,1-5H3/b8-6+. The van der Waals surface area contributed by atoms with Crippen LogP contribution in [0, 0.1) is 13.8 Å². The SMILES string of the molecule is Cc1cc(/C=C/C(=O)c2ccc3scnc3c2)cc(C)c1OC(C)(C)C. The molecule has 1 heterocycles. The fourth-order valence-corrected chi connectivity index (χ4v) is 3.49. The number of hydrogen-bond acceptors (Lipinski definition) is 4. The van der Waals surface area contributed by atoms with Crippen LogP contribution in [0.5, 0.6) is 5.75 Å². The monoisotopic (exact) mass is 365 g/mol. The topological polar surface area (TPSA) is 39.2 Å². The highest BCUT2D eigenvalue weighted by Gasteiger charge is 2.15. The highest BCUT2D eigenvalue weighted by atomic mass is 32.1. The second-order valence-electron chi connectivity index (χ2n) is 7.43. The van der Waals surface area contributed by atoms with E-state index in [9.17, 15) is 4.79 Å². The van der Waals surface area contributed by atoms with Crippen LogP contribution in [0.4, 0.5) is 0 Å². The minimum atomic E-state index is -0.239. The molecule has 0 aliphatic heterocycles. The number of carbonyl (C=O) groups excluding carboxylic acids is 1. The van der Waals surface area contributed by atoms with Crippen molar-refractivity contribution in [1.82, 2.24) is 4.98 Å². The molecular weight excluding hydrogens is 342 g/mol. The molecule has 4 heteroatoms. The third kappa shape index (κ3) is 4.20. The number of fused-ring (bicyclic) bond motifs is 1. The molecule has 0 unspecified atom stereocenters. The first-order valence-electron chi connectivity index (χ1n) is 8.59. The van der Waals surface area contributed by atoms with Gasteiger partial charge in [-0.2, -0.15) is 0 Å². The zero-order valence-electron chi connectivity index (χ0n) is 15.8. The van der Waals surface area contributed by atoms with Gasteiger partial charge in [-0.1, -0.05) is 6.08 Å². The van der Waals surface area contributed by atoms with Gasteiger partial charge in [-0.25, -0.2) is 4.98 Å². The minimum absolute atomic E-state index is 0.0229. The summed E-state index contributed by atoms with van der Waals surface area (Å²) in [5, 5.41) is 0. The number of hydrogen-bond donors (Lipinski definition) is 0. The number of rotatable bonds is 4. The molecule has 0 saturated heterocycles. The lowest BCUT2D eigenvalue weighted by Crippen LogP contribution is -2.24. The maximum atomic E-state index is 12.5. The van der Waals surface area contributed by atoms with Gasteiger partial charge in [-0.15, -0.1) is 11.3 Å². The summed E-state index contributed by atoms with van der Waals surface area (Å²) in [6.07, 6.45) is 3.47. The number of aryl methyl sites for hydroxylation is 2. The van der Waals surface area contributed by atoms with E-state index in [2.05, 4.69) is 4.98 Å². The van der Waals surface area contributed by atoms with Crippen molar-refractivity contribution in [3.05, 3.63) is 64.2 Å². The summed E-state index contributed by atoms with van der Waals surface area (Å²) in [5.41, 5.74) is 6.19. The van der Waals surface area contributed by atoms with E-state index in [1.807, 2.05) is 71.0 Å². The van der Waals surface area contributed by atoms with Crippen LogP contribution < -0.4 is 4.74 Å².